The van der Waals surface area contributed by atoms with Crippen molar-refractivity contribution in [3.63, 3.8) is 0 Å². The third kappa shape index (κ3) is 2.51. The lowest BCUT2D eigenvalue weighted by atomic mass is 10.1. The molecule has 0 radical (unpaired) electrons. The molecule has 1 aromatic carbocycles. The van der Waals surface area contributed by atoms with Crippen LogP contribution < -0.4 is 4.90 Å². The normalized spacial score (nSPS) is 14.3. The Hall–Kier alpha value is -1.88. The molecule has 0 amide bonds. The second-order valence-electron chi connectivity index (χ2n) is 4.40. The minimum absolute atomic E-state index is 0.0319. The molecule has 0 saturated heterocycles. The minimum Gasteiger partial charge on any atom is -0.391 e. The van der Waals surface area contributed by atoms with Crippen molar-refractivity contribution in [2.75, 3.05) is 11.4 Å². The Morgan fingerprint density at radius 2 is 2.28 bits per heavy atom. The lowest BCUT2D eigenvalue weighted by molar-refractivity contribution is -0.385. The highest BCUT2D eigenvalue weighted by Gasteiger charge is 2.29. The average Bonchev–Trinajstić information content (AvgIpc) is 3.19. The first-order valence-corrected chi connectivity index (χ1v) is 5.93. The predicted octanol–water partition coefficient (Wildman–Crippen LogP) is 2.24. The van der Waals surface area contributed by atoms with Gasteiger partial charge in [0.25, 0.3) is 5.69 Å². The van der Waals surface area contributed by atoms with Gasteiger partial charge in [-0.3, -0.25) is 10.1 Å². The number of aliphatic hydroxyl groups excluding tert-OH is 1. The van der Waals surface area contributed by atoms with Crippen molar-refractivity contribution >= 4 is 11.4 Å². The highest BCUT2D eigenvalue weighted by Crippen LogP contribution is 2.33. The van der Waals surface area contributed by atoms with Crippen LogP contribution in [0, 0.1) is 10.1 Å². The van der Waals surface area contributed by atoms with Gasteiger partial charge in [0, 0.05) is 24.3 Å². The number of hydrogen-bond donors (Lipinski definition) is 1. The topological polar surface area (TPSA) is 66.6 Å². The molecule has 1 saturated carbocycles. The molecule has 1 aliphatic rings. The van der Waals surface area contributed by atoms with Crippen molar-refractivity contribution in [1.29, 1.82) is 0 Å². The fourth-order valence-electron chi connectivity index (χ4n) is 2.05. The third-order valence-corrected chi connectivity index (χ3v) is 3.08. The SMILES string of the molecule is C=CCN(c1ccc([N+](=O)[O-])c(CO)c1)C1CC1. The van der Waals surface area contributed by atoms with Gasteiger partial charge in [-0.15, -0.1) is 6.58 Å². The monoisotopic (exact) mass is 248 g/mol. The molecule has 1 aromatic rings. The Bertz CT molecular complexity index is 469. The Balaban J connectivity index is 2.32. The summed E-state index contributed by atoms with van der Waals surface area (Å²) in [5.41, 5.74) is 1.23. The highest BCUT2D eigenvalue weighted by atomic mass is 16.6. The van der Waals surface area contributed by atoms with Crippen molar-refractivity contribution in [2.45, 2.75) is 25.5 Å². The molecule has 1 fully saturated rings. The van der Waals surface area contributed by atoms with E-state index in [0.717, 1.165) is 18.5 Å². The van der Waals surface area contributed by atoms with Crippen molar-refractivity contribution < 1.29 is 10.0 Å². The lowest BCUT2D eigenvalue weighted by Gasteiger charge is -2.23. The molecule has 1 N–H and O–H groups in total. The van der Waals surface area contributed by atoms with Crippen molar-refractivity contribution in [1.82, 2.24) is 0 Å². The standard InChI is InChI=1S/C13H16N2O3/c1-2-7-14(11-3-4-11)12-5-6-13(15(17)18)10(8-12)9-16/h2,5-6,8,11,16H,1,3-4,7,9H2. The van der Waals surface area contributed by atoms with E-state index >= 15 is 0 Å². The van der Waals surface area contributed by atoms with Gasteiger partial charge in [0.2, 0.25) is 0 Å². The van der Waals surface area contributed by atoms with Gasteiger partial charge in [-0.25, -0.2) is 0 Å². The number of nitrogens with zero attached hydrogens (tertiary/aromatic N) is 2. The maximum Gasteiger partial charge on any atom is 0.275 e. The lowest BCUT2D eigenvalue weighted by Crippen LogP contribution is -2.25. The summed E-state index contributed by atoms with van der Waals surface area (Å²) in [5.74, 6) is 0. The number of nitro groups is 1. The van der Waals surface area contributed by atoms with E-state index in [1.54, 1.807) is 12.1 Å². The van der Waals surface area contributed by atoms with Gasteiger partial charge in [0.15, 0.2) is 0 Å². The van der Waals surface area contributed by atoms with Gasteiger partial charge >= 0.3 is 0 Å². The van der Waals surface area contributed by atoms with Crippen LogP contribution in [0.4, 0.5) is 11.4 Å². The molecule has 0 spiro atoms. The summed E-state index contributed by atoms with van der Waals surface area (Å²) in [6.45, 7) is 4.12. The van der Waals surface area contributed by atoms with Crippen LogP contribution in [0.3, 0.4) is 0 Å². The summed E-state index contributed by atoms with van der Waals surface area (Å²) in [6.07, 6.45) is 4.09. The molecule has 96 valence electrons. The zero-order valence-corrected chi connectivity index (χ0v) is 10.1. The second kappa shape index (κ2) is 5.18. The van der Waals surface area contributed by atoms with Crippen LogP contribution in [-0.4, -0.2) is 22.6 Å². The Kier molecular flexibility index (Phi) is 3.62. The fourth-order valence-corrected chi connectivity index (χ4v) is 2.05. The van der Waals surface area contributed by atoms with E-state index in [0.29, 0.717) is 18.2 Å². The number of nitro benzene ring substituents is 1. The van der Waals surface area contributed by atoms with Crippen LogP contribution in [0.1, 0.15) is 18.4 Å². The molecule has 0 aromatic heterocycles. The molecule has 0 bridgehead atoms. The van der Waals surface area contributed by atoms with E-state index in [1.807, 2.05) is 6.08 Å². The summed E-state index contributed by atoms with van der Waals surface area (Å²) in [7, 11) is 0. The number of anilines is 1. The fraction of sp³-hybridized carbons (Fsp3) is 0.385. The Morgan fingerprint density at radius 3 is 2.78 bits per heavy atom. The molecule has 0 unspecified atom stereocenters. The summed E-state index contributed by atoms with van der Waals surface area (Å²) in [6, 6.07) is 5.38. The average molecular weight is 248 g/mol. The quantitative estimate of drug-likeness (QED) is 0.476. The van der Waals surface area contributed by atoms with E-state index in [9.17, 15) is 15.2 Å². The number of benzene rings is 1. The first-order valence-electron chi connectivity index (χ1n) is 5.93. The number of aliphatic hydroxyl groups is 1. The van der Waals surface area contributed by atoms with Crippen molar-refractivity contribution in [3.8, 4) is 0 Å². The van der Waals surface area contributed by atoms with Crippen LogP contribution in [0.2, 0.25) is 0 Å². The number of rotatable bonds is 6. The summed E-state index contributed by atoms with van der Waals surface area (Å²) in [5, 5.41) is 20.0. The zero-order valence-electron chi connectivity index (χ0n) is 10.1. The molecule has 5 heteroatoms. The maximum absolute atomic E-state index is 10.8. The minimum atomic E-state index is -0.468. The molecule has 0 aliphatic heterocycles. The summed E-state index contributed by atoms with van der Waals surface area (Å²) < 4.78 is 0. The molecule has 1 aliphatic carbocycles. The largest absolute Gasteiger partial charge is 0.391 e. The first kappa shape index (κ1) is 12.6. The van der Waals surface area contributed by atoms with Gasteiger partial charge in [-0.05, 0) is 25.0 Å². The third-order valence-electron chi connectivity index (χ3n) is 3.08. The summed E-state index contributed by atoms with van der Waals surface area (Å²) >= 11 is 0. The molecule has 18 heavy (non-hydrogen) atoms. The van der Waals surface area contributed by atoms with Gasteiger partial charge in [-0.2, -0.15) is 0 Å². The summed E-state index contributed by atoms with van der Waals surface area (Å²) in [4.78, 5) is 12.5. The van der Waals surface area contributed by atoms with Gasteiger partial charge in [0.1, 0.15) is 0 Å². The van der Waals surface area contributed by atoms with E-state index < -0.39 is 4.92 Å². The second-order valence-corrected chi connectivity index (χ2v) is 4.40. The molecular formula is C13H16N2O3. The maximum atomic E-state index is 10.8. The van der Waals surface area contributed by atoms with Gasteiger partial charge < -0.3 is 10.0 Å². The van der Waals surface area contributed by atoms with Crippen LogP contribution in [0.15, 0.2) is 30.9 Å². The smallest absolute Gasteiger partial charge is 0.275 e. The van der Waals surface area contributed by atoms with Crippen LogP contribution >= 0.6 is 0 Å². The van der Waals surface area contributed by atoms with Crippen molar-refractivity contribution in [2.24, 2.45) is 0 Å². The Labute approximate surface area is 105 Å². The first-order chi connectivity index (χ1) is 8.67. The Morgan fingerprint density at radius 1 is 1.56 bits per heavy atom. The van der Waals surface area contributed by atoms with Gasteiger partial charge in [-0.1, -0.05) is 6.08 Å². The molecular weight excluding hydrogens is 232 g/mol. The molecule has 5 nitrogen and oxygen atoms in total. The van der Waals surface area contributed by atoms with E-state index in [2.05, 4.69) is 11.5 Å². The molecule has 0 heterocycles. The van der Waals surface area contributed by atoms with Crippen molar-refractivity contribution in [3.05, 3.63) is 46.5 Å². The van der Waals surface area contributed by atoms with E-state index in [-0.39, 0.29) is 12.3 Å². The van der Waals surface area contributed by atoms with Crippen LogP contribution in [-0.2, 0) is 6.61 Å². The van der Waals surface area contributed by atoms with E-state index in [4.69, 9.17) is 0 Å². The molecule has 2 rings (SSSR count). The van der Waals surface area contributed by atoms with Crippen LogP contribution in [0.25, 0.3) is 0 Å². The molecule has 0 atom stereocenters. The number of hydrogen-bond acceptors (Lipinski definition) is 4. The highest BCUT2D eigenvalue weighted by molar-refractivity contribution is 5.57. The van der Waals surface area contributed by atoms with E-state index in [1.165, 1.54) is 6.07 Å². The van der Waals surface area contributed by atoms with Gasteiger partial charge in [0.05, 0.1) is 17.1 Å². The van der Waals surface area contributed by atoms with Crippen LogP contribution in [0.5, 0.6) is 0 Å². The predicted molar refractivity (Wildman–Crippen MR) is 69.6 cm³/mol. The zero-order chi connectivity index (χ0) is 13.1.